The van der Waals surface area contributed by atoms with Crippen molar-refractivity contribution >= 4 is 11.3 Å². The van der Waals surface area contributed by atoms with Crippen molar-refractivity contribution in [3.8, 4) is 6.07 Å². The molecule has 0 aliphatic carbocycles. The molecule has 3 nitrogen and oxygen atoms in total. The Morgan fingerprint density at radius 1 is 1.53 bits per heavy atom. The summed E-state index contributed by atoms with van der Waals surface area (Å²) in [6.07, 6.45) is 0.751. The van der Waals surface area contributed by atoms with Crippen molar-refractivity contribution in [3.63, 3.8) is 0 Å². The number of hydrogen-bond donors (Lipinski definition) is 2. The summed E-state index contributed by atoms with van der Waals surface area (Å²) in [6.45, 7) is 4.32. The zero-order chi connectivity index (χ0) is 11.3. The molecular formula is C11H16N2OS. The largest absolute Gasteiger partial charge is 0.396 e. The summed E-state index contributed by atoms with van der Waals surface area (Å²) >= 11 is 1.51. The van der Waals surface area contributed by atoms with Gasteiger partial charge in [-0.25, -0.2) is 0 Å². The van der Waals surface area contributed by atoms with E-state index in [0.29, 0.717) is 0 Å². The Hall–Kier alpha value is -0.890. The molecular weight excluding hydrogens is 208 g/mol. The highest BCUT2D eigenvalue weighted by molar-refractivity contribution is 7.12. The van der Waals surface area contributed by atoms with Gasteiger partial charge in [0.2, 0.25) is 0 Å². The molecule has 0 amide bonds. The van der Waals surface area contributed by atoms with Gasteiger partial charge in [-0.2, -0.15) is 5.26 Å². The Morgan fingerprint density at radius 3 is 2.80 bits per heavy atom. The van der Waals surface area contributed by atoms with Crippen LogP contribution in [0.1, 0.15) is 36.1 Å². The summed E-state index contributed by atoms with van der Waals surface area (Å²) in [5, 5.41) is 20.9. The van der Waals surface area contributed by atoms with Crippen molar-refractivity contribution in [2.45, 2.75) is 32.4 Å². The van der Waals surface area contributed by atoms with Gasteiger partial charge in [-0.1, -0.05) is 0 Å². The molecule has 1 aromatic heterocycles. The smallest absolute Gasteiger partial charge is 0.110 e. The van der Waals surface area contributed by atoms with Crippen molar-refractivity contribution in [2.75, 3.05) is 6.61 Å². The zero-order valence-electron chi connectivity index (χ0n) is 9.03. The molecule has 2 unspecified atom stereocenters. The maximum Gasteiger partial charge on any atom is 0.110 e. The zero-order valence-corrected chi connectivity index (χ0v) is 9.84. The topological polar surface area (TPSA) is 56.0 Å². The van der Waals surface area contributed by atoms with E-state index in [4.69, 9.17) is 10.4 Å². The molecule has 0 aromatic carbocycles. The summed E-state index contributed by atoms with van der Waals surface area (Å²) in [6, 6.07) is 6.48. The highest BCUT2D eigenvalue weighted by Crippen LogP contribution is 2.22. The average molecular weight is 224 g/mol. The van der Waals surface area contributed by atoms with Gasteiger partial charge >= 0.3 is 0 Å². The Morgan fingerprint density at radius 2 is 2.27 bits per heavy atom. The van der Waals surface area contributed by atoms with Crippen LogP contribution >= 0.6 is 11.3 Å². The molecule has 4 heteroatoms. The summed E-state index contributed by atoms with van der Waals surface area (Å²) in [7, 11) is 0. The lowest BCUT2D eigenvalue weighted by Gasteiger charge is -2.18. The van der Waals surface area contributed by atoms with Crippen LogP contribution in [-0.4, -0.2) is 17.8 Å². The Bertz CT molecular complexity index is 343. The van der Waals surface area contributed by atoms with E-state index < -0.39 is 0 Å². The van der Waals surface area contributed by atoms with E-state index in [2.05, 4.69) is 18.3 Å². The molecule has 0 saturated carbocycles. The van der Waals surface area contributed by atoms with E-state index >= 15 is 0 Å². The van der Waals surface area contributed by atoms with Crippen molar-refractivity contribution in [2.24, 2.45) is 0 Å². The van der Waals surface area contributed by atoms with Gasteiger partial charge in [-0.15, -0.1) is 11.3 Å². The lowest BCUT2D eigenvalue weighted by Crippen LogP contribution is -2.29. The van der Waals surface area contributed by atoms with Crippen LogP contribution in [0.25, 0.3) is 0 Å². The third kappa shape index (κ3) is 3.63. The van der Waals surface area contributed by atoms with E-state index in [1.54, 1.807) is 0 Å². The molecule has 1 aromatic rings. The van der Waals surface area contributed by atoms with Crippen LogP contribution in [0.4, 0.5) is 0 Å². The number of rotatable bonds is 5. The fraction of sp³-hybridized carbons (Fsp3) is 0.545. The number of nitrogens with zero attached hydrogens (tertiary/aromatic N) is 1. The molecule has 1 heterocycles. The van der Waals surface area contributed by atoms with E-state index in [-0.39, 0.29) is 18.7 Å². The lowest BCUT2D eigenvalue weighted by atomic mass is 10.2. The summed E-state index contributed by atoms with van der Waals surface area (Å²) in [5.74, 6) is 0. The molecule has 1 rings (SSSR count). The second kappa shape index (κ2) is 5.86. The van der Waals surface area contributed by atoms with Crippen LogP contribution in [0.5, 0.6) is 0 Å². The van der Waals surface area contributed by atoms with E-state index in [1.165, 1.54) is 11.3 Å². The monoisotopic (exact) mass is 224 g/mol. The maximum atomic E-state index is 8.78. The minimum atomic E-state index is 0.203. The van der Waals surface area contributed by atoms with Gasteiger partial charge in [0.25, 0.3) is 0 Å². The molecule has 0 fully saturated rings. The molecule has 0 aliphatic rings. The fourth-order valence-corrected chi connectivity index (χ4v) is 2.25. The molecule has 2 N–H and O–H groups in total. The summed E-state index contributed by atoms with van der Waals surface area (Å²) < 4.78 is 0. The Kier molecular flexibility index (Phi) is 4.76. The quantitative estimate of drug-likeness (QED) is 0.804. The van der Waals surface area contributed by atoms with E-state index in [9.17, 15) is 0 Å². The standard InChI is InChI=1S/C11H16N2OS/c1-8(5-6-14)13-9(2)11-4-3-10(7-12)15-11/h3-4,8-9,13-14H,5-6H2,1-2H3. The lowest BCUT2D eigenvalue weighted by molar-refractivity contribution is 0.265. The molecule has 15 heavy (non-hydrogen) atoms. The first-order valence-electron chi connectivity index (χ1n) is 5.04. The van der Waals surface area contributed by atoms with Gasteiger partial charge in [0.1, 0.15) is 10.9 Å². The van der Waals surface area contributed by atoms with Crippen LogP contribution in [0.2, 0.25) is 0 Å². The highest BCUT2D eigenvalue weighted by Gasteiger charge is 2.11. The van der Waals surface area contributed by atoms with Gasteiger partial charge in [0, 0.05) is 23.6 Å². The van der Waals surface area contributed by atoms with E-state index in [1.807, 2.05) is 19.1 Å². The van der Waals surface area contributed by atoms with Crippen LogP contribution in [0.3, 0.4) is 0 Å². The first kappa shape index (κ1) is 12.2. The van der Waals surface area contributed by atoms with Crippen molar-refractivity contribution < 1.29 is 5.11 Å². The van der Waals surface area contributed by atoms with Gasteiger partial charge in [-0.3, -0.25) is 0 Å². The molecule has 2 atom stereocenters. The maximum absolute atomic E-state index is 8.78. The number of thiophene rings is 1. The minimum absolute atomic E-state index is 0.203. The summed E-state index contributed by atoms with van der Waals surface area (Å²) in [5.41, 5.74) is 0. The number of nitrogens with one attached hydrogen (secondary N) is 1. The highest BCUT2D eigenvalue weighted by atomic mass is 32.1. The first-order chi connectivity index (χ1) is 7.17. The average Bonchev–Trinajstić information content (AvgIpc) is 2.66. The molecule has 0 aliphatic heterocycles. The van der Waals surface area contributed by atoms with Crippen molar-refractivity contribution in [1.29, 1.82) is 5.26 Å². The second-order valence-electron chi connectivity index (χ2n) is 3.62. The summed E-state index contributed by atoms with van der Waals surface area (Å²) in [4.78, 5) is 1.91. The van der Waals surface area contributed by atoms with Crippen LogP contribution < -0.4 is 5.32 Å². The third-order valence-electron chi connectivity index (χ3n) is 2.26. The predicted octanol–water partition coefficient (Wildman–Crippen LogP) is 2.04. The van der Waals surface area contributed by atoms with Gasteiger partial charge < -0.3 is 10.4 Å². The SMILES string of the molecule is CC(CCO)NC(C)c1ccc(C#N)s1. The Labute approximate surface area is 94.4 Å². The molecule has 0 saturated heterocycles. The van der Waals surface area contributed by atoms with Gasteiger partial charge in [0.05, 0.1) is 0 Å². The van der Waals surface area contributed by atoms with Crippen LogP contribution in [0, 0.1) is 11.3 Å². The first-order valence-corrected chi connectivity index (χ1v) is 5.85. The number of nitriles is 1. The van der Waals surface area contributed by atoms with E-state index in [0.717, 1.165) is 16.2 Å². The van der Waals surface area contributed by atoms with Crippen molar-refractivity contribution in [1.82, 2.24) is 5.32 Å². The number of hydrogen-bond acceptors (Lipinski definition) is 4. The third-order valence-corrected chi connectivity index (χ3v) is 3.43. The van der Waals surface area contributed by atoms with Crippen LogP contribution in [-0.2, 0) is 0 Å². The Balaban J connectivity index is 2.53. The molecule has 0 bridgehead atoms. The minimum Gasteiger partial charge on any atom is -0.396 e. The normalized spacial score (nSPS) is 14.5. The second-order valence-corrected chi connectivity index (χ2v) is 4.73. The van der Waals surface area contributed by atoms with Gasteiger partial charge in [0.15, 0.2) is 0 Å². The molecule has 0 radical (unpaired) electrons. The van der Waals surface area contributed by atoms with Crippen LogP contribution in [0.15, 0.2) is 12.1 Å². The predicted molar refractivity (Wildman–Crippen MR) is 61.7 cm³/mol. The van der Waals surface area contributed by atoms with Crippen molar-refractivity contribution in [3.05, 3.63) is 21.9 Å². The number of aliphatic hydroxyl groups excluding tert-OH is 1. The van der Waals surface area contributed by atoms with Gasteiger partial charge in [-0.05, 0) is 32.4 Å². The fourth-order valence-electron chi connectivity index (χ4n) is 1.43. The number of aliphatic hydroxyl groups is 1. The molecule has 82 valence electrons. The molecule has 0 spiro atoms.